The maximum Gasteiger partial charge on any atom is 0.255 e. The number of nitrogens with zero attached hydrogens (tertiary/aromatic N) is 4. The zero-order valence-corrected chi connectivity index (χ0v) is 26.7. The third-order valence-corrected chi connectivity index (χ3v) is 10.8. The molecule has 43 heavy (non-hydrogen) atoms. The third-order valence-electron chi connectivity index (χ3n) is 9.24. The number of aryl methyl sites for hydroxylation is 1. The quantitative estimate of drug-likeness (QED) is 0.442. The molecule has 2 atom stereocenters. The van der Waals surface area contributed by atoms with E-state index >= 15 is 0 Å². The highest BCUT2D eigenvalue weighted by atomic mass is 35.5. The minimum absolute atomic E-state index is 0.0506. The largest absolute Gasteiger partial charge is 0.343 e. The van der Waals surface area contributed by atoms with E-state index in [1.165, 1.54) is 6.07 Å². The lowest BCUT2D eigenvalue weighted by Crippen LogP contribution is -2.44. The summed E-state index contributed by atoms with van der Waals surface area (Å²) in [6.07, 6.45) is 3.25. The molecule has 0 N–H and O–H groups in total. The van der Waals surface area contributed by atoms with Gasteiger partial charge >= 0.3 is 0 Å². The van der Waals surface area contributed by atoms with Crippen LogP contribution in [-0.2, 0) is 19.4 Å². The fourth-order valence-corrected chi connectivity index (χ4v) is 7.86. The minimum atomic E-state index is -3.50. The van der Waals surface area contributed by atoms with Crippen molar-refractivity contribution in [3.05, 3.63) is 58.6 Å². The van der Waals surface area contributed by atoms with Gasteiger partial charge in [-0.15, -0.1) is 0 Å². The summed E-state index contributed by atoms with van der Waals surface area (Å²) >= 11 is 6.45. The third kappa shape index (κ3) is 7.07. The highest BCUT2D eigenvalue weighted by molar-refractivity contribution is 7.90. The number of carbonyl (C=O) groups is 3. The number of fused-ring (bicyclic) bond motifs is 1. The first-order valence-corrected chi connectivity index (χ1v) is 17.3. The van der Waals surface area contributed by atoms with Gasteiger partial charge in [-0.3, -0.25) is 14.4 Å². The second-order valence-corrected chi connectivity index (χ2v) is 14.7. The molecular weight excluding hydrogens is 588 g/mol. The molecule has 232 valence electrons. The van der Waals surface area contributed by atoms with Crippen LogP contribution in [-0.4, -0.2) is 99.5 Å². The fraction of sp³-hybridized carbons (Fsp3) is 0.531. The predicted molar refractivity (Wildman–Crippen MR) is 167 cm³/mol. The van der Waals surface area contributed by atoms with Crippen LogP contribution in [0.25, 0.3) is 0 Å². The highest BCUT2D eigenvalue weighted by Gasteiger charge is 2.42. The number of likely N-dealkylation sites (tertiary alicyclic amines) is 3. The van der Waals surface area contributed by atoms with Gasteiger partial charge in [0.1, 0.15) is 0 Å². The summed E-state index contributed by atoms with van der Waals surface area (Å²) < 4.78 is 24.5. The summed E-state index contributed by atoms with van der Waals surface area (Å²) in [7, 11) is -3.50. The number of piperidine rings is 1. The number of rotatable bonds is 8. The standard InChI is InChI=1S/C32H41ClN4O5S/c1-22-9-10-27(17-29(22)33)37(31(39)24-11-15-35(16-12-24)23(2)38)14-6-13-34-18-25-20-36(21-26(25)19-34)32(40)28-7-4-5-8-30(28)43(3,41)42/h4-5,7-10,17,24-26H,6,11-16,18-21H2,1-3H3. The summed E-state index contributed by atoms with van der Waals surface area (Å²) in [6, 6.07) is 12.2. The van der Waals surface area contributed by atoms with Gasteiger partial charge in [-0.25, -0.2) is 8.42 Å². The second kappa shape index (κ2) is 13.0. The number of halogens is 1. The molecule has 0 saturated carbocycles. The molecule has 3 saturated heterocycles. The van der Waals surface area contributed by atoms with E-state index in [2.05, 4.69) is 4.90 Å². The molecule has 9 nitrogen and oxygen atoms in total. The Labute approximate surface area is 259 Å². The monoisotopic (exact) mass is 628 g/mol. The van der Waals surface area contributed by atoms with Crippen molar-refractivity contribution < 1.29 is 22.8 Å². The lowest BCUT2D eigenvalue weighted by Gasteiger charge is -2.34. The van der Waals surface area contributed by atoms with Crippen molar-refractivity contribution in [1.29, 1.82) is 0 Å². The average Bonchev–Trinajstić information content (AvgIpc) is 3.55. The van der Waals surface area contributed by atoms with Gasteiger partial charge in [-0.1, -0.05) is 29.8 Å². The van der Waals surface area contributed by atoms with Gasteiger partial charge in [0.05, 0.1) is 10.5 Å². The van der Waals surface area contributed by atoms with E-state index in [1.54, 1.807) is 34.9 Å². The summed E-state index contributed by atoms with van der Waals surface area (Å²) in [6.45, 7) is 9.10. The van der Waals surface area contributed by atoms with Crippen molar-refractivity contribution in [2.75, 3.05) is 63.5 Å². The van der Waals surface area contributed by atoms with E-state index in [1.807, 2.05) is 30.0 Å². The number of anilines is 1. The zero-order valence-electron chi connectivity index (χ0n) is 25.2. The molecule has 3 heterocycles. The van der Waals surface area contributed by atoms with Crippen molar-refractivity contribution in [2.24, 2.45) is 17.8 Å². The molecule has 2 unspecified atom stereocenters. The van der Waals surface area contributed by atoms with Crippen LogP contribution < -0.4 is 4.90 Å². The van der Waals surface area contributed by atoms with E-state index in [0.29, 0.717) is 62.4 Å². The Morgan fingerprint density at radius 3 is 2.21 bits per heavy atom. The average molecular weight is 629 g/mol. The Hall–Kier alpha value is -2.95. The van der Waals surface area contributed by atoms with Crippen LogP contribution in [0.5, 0.6) is 0 Å². The number of amides is 3. The van der Waals surface area contributed by atoms with Crippen molar-refractivity contribution in [3.63, 3.8) is 0 Å². The Morgan fingerprint density at radius 2 is 1.60 bits per heavy atom. The van der Waals surface area contributed by atoms with Crippen LogP contribution in [0.1, 0.15) is 42.1 Å². The van der Waals surface area contributed by atoms with Gasteiger partial charge in [0.2, 0.25) is 11.8 Å². The van der Waals surface area contributed by atoms with E-state index in [4.69, 9.17) is 11.6 Å². The Balaban J connectivity index is 1.18. The first kappa shape index (κ1) is 31.5. The smallest absolute Gasteiger partial charge is 0.255 e. The van der Waals surface area contributed by atoms with Crippen LogP contribution in [0.3, 0.4) is 0 Å². The van der Waals surface area contributed by atoms with Gasteiger partial charge < -0.3 is 19.6 Å². The molecule has 5 rings (SSSR count). The molecule has 2 aromatic rings. The molecule has 3 aliphatic rings. The molecule has 3 fully saturated rings. The maximum atomic E-state index is 13.8. The van der Waals surface area contributed by atoms with Gasteiger partial charge in [0.15, 0.2) is 9.84 Å². The van der Waals surface area contributed by atoms with Crippen LogP contribution in [0, 0.1) is 24.7 Å². The lowest BCUT2D eigenvalue weighted by molar-refractivity contribution is -0.133. The molecule has 2 aromatic carbocycles. The first-order chi connectivity index (χ1) is 20.4. The van der Waals surface area contributed by atoms with Gasteiger partial charge in [0, 0.05) is 75.6 Å². The first-order valence-electron chi connectivity index (χ1n) is 15.1. The summed E-state index contributed by atoms with van der Waals surface area (Å²) in [4.78, 5) is 46.8. The Morgan fingerprint density at radius 1 is 0.953 bits per heavy atom. The Kier molecular flexibility index (Phi) is 9.49. The van der Waals surface area contributed by atoms with E-state index in [0.717, 1.165) is 43.6 Å². The maximum absolute atomic E-state index is 13.8. The molecule has 0 bridgehead atoms. The highest BCUT2D eigenvalue weighted by Crippen LogP contribution is 2.33. The molecule has 0 radical (unpaired) electrons. The van der Waals surface area contributed by atoms with Crippen molar-refractivity contribution in [2.45, 2.75) is 38.0 Å². The number of carbonyl (C=O) groups excluding carboxylic acids is 3. The van der Waals surface area contributed by atoms with Gasteiger partial charge in [0.25, 0.3) is 5.91 Å². The molecule has 0 aromatic heterocycles. The van der Waals surface area contributed by atoms with Crippen molar-refractivity contribution in [1.82, 2.24) is 14.7 Å². The normalized spacial score (nSPS) is 21.2. The van der Waals surface area contributed by atoms with E-state index in [9.17, 15) is 22.8 Å². The number of hydrogen-bond acceptors (Lipinski definition) is 6. The summed E-state index contributed by atoms with van der Waals surface area (Å²) in [5.41, 5.74) is 2.01. The lowest BCUT2D eigenvalue weighted by atomic mass is 9.94. The minimum Gasteiger partial charge on any atom is -0.343 e. The molecule has 3 amide bonds. The second-order valence-electron chi connectivity index (χ2n) is 12.3. The summed E-state index contributed by atoms with van der Waals surface area (Å²) in [5.74, 6) is 0.476. The molecule has 0 spiro atoms. The molecule has 11 heteroatoms. The van der Waals surface area contributed by atoms with Crippen molar-refractivity contribution in [3.8, 4) is 0 Å². The van der Waals surface area contributed by atoms with Crippen molar-refractivity contribution >= 4 is 44.8 Å². The molecular formula is C32H41ClN4O5S. The predicted octanol–water partition coefficient (Wildman–Crippen LogP) is 3.74. The Bertz CT molecular complexity index is 1480. The van der Waals surface area contributed by atoms with Crippen LogP contribution in [0.4, 0.5) is 5.69 Å². The van der Waals surface area contributed by atoms with Crippen LogP contribution >= 0.6 is 11.6 Å². The van der Waals surface area contributed by atoms with Crippen LogP contribution in [0.2, 0.25) is 5.02 Å². The SMILES string of the molecule is CC(=O)N1CCC(C(=O)N(CCCN2CC3CN(C(=O)c4ccccc4S(C)(=O)=O)CC3C2)c2ccc(C)c(Cl)c2)CC1. The number of hydrogen-bond donors (Lipinski definition) is 0. The topological polar surface area (TPSA) is 98.3 Å². The van der Waals surface area contributed by atoms with Gasteiger partial charge in [-0.05, 0) is 74.4 Å². The molecule has 0 aliphatic carbocycles. The van der Waals surface area contributed by atoms with E-state index in [-0.39, 0.29) is 34.1 Å². The molecule has 3 aliphatic heterocycles. The zero-order chi connectivity index (χ0) is 30.9. The number of benzene rings is 2. The summed E-state index contributed by atoms with van der Waals surface area (Å²) in [5, 5.41) is 0.632. The van der Waals surface area contributed by atoms with Gasteiger partial charge in [-0.2, -0.15) is 0 Å². The number of sulfone groups is 1. The fourth-order valence-electron chi connectivity index (χ4n) is 6.81. The van der Waals surface area contributed by atoms with Crippen LogP contribution in [0.15, 0.2) is 47.4 Å². The van der Waals surface area contributed by atoms with E-state index < -0.39 is 9.84 Å².